The molecule has 8 nitrogen and oxygen atoms in total. The lowest BCUT2D eigenvalue weighted by Crippen LogP contribution is -2.37. The van der Waals surface area contributed by atoms with E-state index in [0.717, 1.165) is 10.4 Å². The zero-order chi connectivity index (χ0) is 21.1. The van der Waals surface area contributed by atoms with Crippen LogP contribution in [0.3, 0.4) is 0 Å². The largest absolute Gasteiger partial charge is 0.465 e. The van der Waals surface area contributed by atoms with Crippen molar-refractivity contribution >= 4 is 39.0 Å². The highest BCUT2D eigenvalue weighted by Crippen LogP contribution is 2.31. The molecule has 0 N–H and O–H groups in total. The van der Waals surface area contributed by atoms with Gasteiger partial charge in [0.2, 0.25) is 0 Å². The molecule has 0 aliphatic heterocycles. The summed E-state index contributed by atoms with van der Waals surface area (Å²) in [5.74, 6) is -0.748. The standard InChI is InChI=1S/C18H19ClN2O6S/c1-4-27-18(22)11-20(16-8-6-14(19)9-13(16)3)28(25,26)15-7-5-12(2)17(10-15)21(23)24/h5-10H,4,11H2,1-3H3. The van der Waals surface area contributed by atoms with Gasteiger partial charge >= 0.3 is 5.97 Å². The monoisotopic (exact) mass is 426 g/mol. The van der Waals surface area contributed by atoms with Crippen molar-refractivity contribution in [3.05, 3.63) is 62.7 Å². The van der Waals surface area contributed by atoms with E-state index in [1.54, 1.807) is 19.9 Å². The fourth-order valence-electron chi connectivity index (χ4n) is 2.60. The highest BCUT2D eigenvalue weighted by atomic mass is 35.5. The second-order valence-corrected chi connectivity index (χ2v) is 8.25. The summed E-state index contributed by atoms with van der Waals surface area (Å²) in [4.78, 5) is 22.3. The van der Waals surface area contributed by atoms with Gasteiger partial charge in [-0.1, -0.05) is 17.7 Å². The number of benzene rings is 2. The number of anilines is 1. The molecule has 0 aliphatic rings. The molecule has 0 heterocycles. The summed E-state index contributed by atoms with van der Waals surface area (Å²) in [7, 11) is -4.29. The van der Waals surface area contributed by atoms with E-state index in [2.05, 4.69) is 0 Å². The van der Waals surface area contributed by atoms with Gasteiger partial charge in [0.25, 0.3) is 15.7 Å². The molecule has 0 saturated heterocycles. The van der Waals surface area contributed by atoms with Crippen LogP contribution < -0.4 is 4.31 Å². The number of carbonyl (C=O) groups is 1. The van der Waals surface area contributed by atoms with Gasteiger partial charge in [0.05, 0.1) is 22.1 Å². The summed E-state index contributed by atoms with van der Waals surface area (Å²) >= 11 is 5.95. The Morgan fingerprint density at radius 2 is 1.86 bits per heavy atom. The van der Waals surface area contributed by atoms with Crippen LogP contribution in [0.15, 0.2) is 41.3 Å². The Kier molecular flexibility index (Phi) is 6.63. The van der Waals surface area contributed by atoms with Crippen LogP contribution in [-0.4, -0.2) is 32.5 Å². The zero-order valence-corrected chi connectivity index (χ0v) is 17.1. The van der Waals surface area contributed by atoms with E-state index in [4.69, 9.17) is 16.3 Å². The van der Waals surface area contributed by atoms with Gasteiger partial charge in [-0.05, 0) is 50.6 Å². The molecule has 10 heteroatoms. The molecule has 150 valence electrons. The Balaban J connectivity index is 2.62. The molecule has 0 aromatic heterocycles. The smallest absolute Gasteiger partial charge is 0.326 e. The Morgan fingerprint density at radius 1 is 1.18 bits per heavy atom. The highest BCUT2D eigenvalue weighted by Gasteiger charge is 2.30. The number of esters is 1. The van der Waals surface area contributed by atoms with Gasteiger partial charge < -0.3 is 4.74 Å². The lowest BCUT2D eigenvalue weighted by Gasteiger charge is -2.25. The first kappa shape index (κ1) is 21.6. The third kappa shape index (κ3) is 4.60. The van der Waals surface area contributed by atoms with Crippen LogP contribution in [-0.2, 0) is 19.6 Å². The molecular formula is C18H19ClN2O6S. The number of sulfonamides is 1. The van der Waals surface area contributed by atoms with Crippen LogP contribution in [0, 0.1) is 24.0 Å². The molecule has 0 amide bonds. The number of rotatable bonds is 7. The minimum absolute atomic E-state index is 0.0856. The van der Waals surface area contributed by atoms with Crippen LogP contribution >= 0.6 is 11.6 Å². The summed E-state index contributed by atoms with van der Waals surface area (Å²) in [6, 6.07) is 8.12. The van der Waals surface area contributed by atoms with Crippen molar-refractivity contribution in [3.63, 3.8) is 0 Å². The van der Waals surface area contributed by atoms with Crippen molar-refractivity contribution in [2.45, 2.75) is 25.7 Å². The number of ether oxygens (including phenoxy) is 1. The van der Waals surface area contributed by atoms with E-state index in [-0.39, 0.29) is 22.9 Å². The predicted molar refractivity (Wildman–Crippen MR) is 105 cm³/mol. The predicted octanol–water partition coefficient (Wildman–Crippen LogP) is 3.62. The number of nitro benzene ring substituents is 1. The van der Waals surface area contributed by atoms with E-state index in [1.165, 1.54) is 31.2 Å². The number of nitrogens with zero attached hydrogens (tertiary/aromatic N) is 2. The van der Waals surface area contributed by atoms with Crippen molar-refractivity contribution in [1.82, 2.24) is 0 Å². The number of carbonyl (C=O) groups excluding carboxylic acids is 1. The molecule has 0 spiro atoms. The van der Waals surface area contributed by atoms with Crippen molar-refractivity contribution in [3.8, 4) is 0 Å². The molecule has 0 bridgehead atoms. The average molecular weight is 427 g/mol. The van der Waals surface area contributed by atoms with E-state index in [0.29, 0.717) is 16.1 Å². The summed E-state index contributed by atoms with van der Waals surface area (Å²) in [5.41, 5.74) is 0.733. The number of hydrogen-bond acceptors (Lipinski definition) is 6. The molecule has 2 aromatic carbocycles. The van der Waals surface area contributed by atoms with Gasteiger partial charge in [0, 0.05) is 16.7 Å². The summed E-state index contributed by atoms with van der Waals surface area (Å²) in [5, 5.41) is 11.6. The molecule has 2 rings (SSSR count). The van der Waals surface area contributed by atoms with E-state index < -0.39 is 27.5 Å². The van der Waals surface area contributed by atoms with Crippen LogP contribution in [0.4, 0.5) is 11.4 Å². The van der Waals surface area contributed by atoms with Crippen LogP contribution in [0.25, 0.3) is 0 Å². The Morgan fingerprint density at radius 3 is 2.43 bits per heavy atom. The third-order valence-electron chi connectivity index (χ3n) is 3.97. The summed E-state index contributed by atoms with van der Waals surface area (Å²) in [6.07, 6.45) is 0. The second kappa shape index (κ2) is 8.57. The van der Waals surface area contributed by atoms with Gasteiger partial charge in [-0.15, -0.1) is 0 Å². The Hall–Kier alpha value is -2.65. The number of nitro groups is 1. The van der Waals surface area contributed by atoms with Crippen molar-refractivity contribution in [2.75, 3.05) is 17.5 Å². The minimum Gasteiger partial charge on any atom is -0.465 e. The summed E-state index contributed by atoms with van der Waals surface area (Å²) < 4.78 is 32.3. The minimum atomic E-state index is -4.29. The first-order valence-electron chi connectivity index (χ1n) is 8.27. The van der Waals surface area contributed by atoms with Crippen LogP contribution in [0.1, 0.15) is 18.1 Å². The Bertz CT molecular complexity index is 1020. The van der Waals surface area contributed by atoms with Gasteiger partial charge in [0.15, 0.2) is 0 Å². The molecule has 0 unspecified atom stereocenters. The van der Waals surface area contributed by atoms with Gasteiger partial charge in [-0.25, -0.2) is 8.42 Å². The lowest BCUT2D eigenvalue weighted by molar-refractivity contribution is -0.385. The second-order valence-electron chi connectivity index (χ2n) is 5.95. The molecule has 2 aromatic rings. The normalized spacial score (nSPS) is 11.1. The molecule has 28 heavy (non-hydrogen) atoms. The van der Waals surface area contributed by atoms with Gasteiger partial charge in [-0.2, -0.15) is 0 Å². The van der Waals surface area contributed by atoms with Gasteiger partial charge in [-0.3, -0.25) is 19.2 Å². The topological polar surface area (TPSA) is 107 Å². The molecule has 0 radical (unpaired) electrons. The van der Waals surface area contributed by atoms with Crippen molar-refractivity contribution in [2.24, 2.45) is 0 Å². The maximum Gasteiger partial charge on any atom is 0.326 e. The van der Waals surface area contributed by atoms with Crippen molar-refractivity contribution < 1.29 is 22.9 Å². The number of aryl methyl sites for hydroxylation is 2. The fraction of sp³-hybridized carbons (Fsp3) is 0.278. The quantitative estimate of drug-likeness (QED) is 0.380. The van der Waals surface area contributed by atoms with Crippen LogP contribution in [0.5, 0.6) is 0 Å². The molecule has 0 atom stereocenters. The van der Waals surface area contributed by atoms with Crippen molar-refractivity contribution in [1.29, 1.82) is 0 Å². The highest BCUT2D eigenvalue weighted by molar-refractivity contribution is 7.92. The maximum absolute atomic E-state index is 13.3. The number of hydrogen-bond donors (Lipinski definition) is 0. The molecular weight excluding hydrogens is 408 g/mol. The molecule has 0 saturated carbocycles. The SMILES string of the molecule is CCOC(=O)CN(c1ccc(Cl)cc1C)S(=O)(=O)c1ccc(C)c([N+](=O)[O-])c1. The van der Waals surface area contributed by atoms with E-state index in [9.17, 15) is 23.3 Å². The number of halogens is 1. The maximum atomic E-state index is 13.3. The summed E-state index contributed by atoms with van der Waals surface area (Å²) in [6.45, 7) is 4.26. The first-order chi connectivity index (χ1) is 13.1. The van der Waals surface area contributed by atoms with Gasteiger partial charge in [0.1, 0.15) is 6.54 Å². The van der Waals surface area contributed by atoms with E-state index in [1.807, 2.05) is 0 Å². The third-order valence-corrected chi connectivity index (χ3v) is 5.96. The fourth-order valence-corrected chi connectivity index (χ4v) is 4.32. The van der Waals surface area contributed by atoms with E-state index >= 15 is 0 Å². The Labute approximate surface area is 167 Å². The molecule has 0 aliphatic carbocycles. The molecule has 0 fully saturated rings. The lowest BCUT2D eigenvalue weighted by atomic mass is 10.2. The van der Waals surface area contributed by atoms with Crippen LogP contribution in [0.2, 0.25) is 5.02 Å². The average Bonchev–Trinajstić information content (AvgIpc) is 2.60. The first-order valence-corrected chi connectivity index (χ1v) is 10.1. The zero-order valence-electron chi connectivity index (χ0n) is 15.5.